The normalized spacial score (nSPS) is 27.4. The molecule has 1 aromatic carbocycles. The number of carbonyl (C=O) groups is 3. The highest BCUT2D eigenvalue weighted by atomic mass is 35.5. The number of nitrogens with zero attached hydrogens (tertiary/aromatic N) is 2. The van der Waals surface area contributed by atoms with Crippen LogP contribution >= 0.6 is 11.6 Å². The van der Waals surface area contributed by atoms with E-state index in [-0.39, 0.29) is 46.8 Å². The van der Waals surface area contributed by atoms with Gasteiger partial charge < -0.3 is 20.5 Å². The number of H-pyrrole nitrogens is 1. The lowest BCUT2D eigenvalue weighted by molar-refractivity contribution is -0.179. The van der Waals surface area contributed by atoms with Crippen molar-refractivity contribution in [1.82, 2.24) is 20.5 Å². The van der Waals surface area contributed by atoms with Gasteiger partial charge in [-0.3, -0.25) is 14.4 Å². The number of aromatic amines is 1. The second kappa shape index (κ2) is 9.56. The molecule has 6 rings (SSSR count). The molecule has 1 saturated carbocycles. The van der Waals surface area contributed by atoms with Gasteiger partial charge in [0, 0.05) is 30.3 Å². The summed E-state index contributed by atoms with van der Waals surface area (Å²) in [6.07, 6.45) is 1.06. The molecule has 3 aliphatic heterocycles. The van der Waals surface area contributed by atoms with Crippen LogP contribution in [0.3, 0.4) is 0 Å². The maximum absolute atomic E-state index is 15.0. The van der Waals surface area contributed by atoms with Crippen molar-refractivity contribution in [1.29, 1.82) is 5.26 Å². The molecule has 0 unspecified atom stereocenters. The van der Waals surface area contributed by atoms with Crippen LogP contribution in [0.2, 0.25) is 5.02 Å². The zero-order chi connectivity index (χ0) is 26.5. The SMILES string of the molecule is N#C[C@@H](C[C@H]1CCCNC1=O)NC(=O)[C@H]1[C@@H]2CC[C@@H](CC2(F)F)N1C(=O)c1cc2c(F)ccc(Cl)c2[nH]1. The Morgan fingerprint density at radius 2 is 2.08 bits per heavy atom. The molecular formula is C25H25ClF3N5O3. The zero-order valence-electron chi connectivity index (χ0n) is 19.7. The van der Waals surface area contributed by atoms with Crippen molar-refractivity contribution >= 4 is 40.2 Å². The fourth-order valence-corrected chi connectivity index (χ4v) is 6.16. The number of aromatic nitrogens is 1. The summed E-state index contributed by atoms with van der Waals surface area (Å²) in [6.45, 7) is 0.541. The third-order valence-electron chi connectivity index (χ3n) is 7.75. The van der Waals surface area contributed by atoms with Gasteiger partial charge in [0.2, 0.25) is 11.8 Å². The highest BCUT2D eigenvalue weighted by Gasteiger charge is 2.60. The second-order valence-electron chi connectivity index (χ2n) is 10.0. The Hall–Kier alpha value is -3.26. The number of piperidine rings is 3. The minimum atomic E-state index is -3.18. The quantitative estimate of drug-likeness (QED) is 0.543. The van der Waals surface area contributed by atoms with E-state index < -0.39 is 59.9 Å². The Kier molecular flexibility index (Phi) is 6.56. The Morgan fingerprint density at radius 3 is 2.76 bits per heavy atom. The zero-order valence-corrected chi connectivity index (χ0v) is 20.5. The molecule has 12 heteroatoms. The number of nitrogens with one attached hydrogen (secondary N) is 3. The summed E-state index contributed by atoms with van der Waals surface area (Å²) in [5.41, 5.74) is 0.111. The number of alkyl halides is 2. The number of halogens is 4. The Morgan fingerprint density at radius 1 is 1.30 bits per heavy atom. The van der Waals surface area contributed by atoms with Crippen molar-refractivity contribution in [2.45, 2.75) is 62.6 Å². The Labute approximate surface area is 215 Å². The molecule has 8 nitrogen and oxygen atoms in total. The van der Waals surface area contributed by atoms with Gasteiger partial charge in [0.25, 0.3) is 11.8 Å². The standard InChI is InChI=1S/C25H25ClF3N5O3/c26-17-5-6-18(27)15-9-19(33-20(15)17)24(37)34-14-3-4-16(25(28,29)10-14)21(34)23(36)32-13(11-30)8-12-2-1-7-31-22(12)35/h5-6,9,12-14,16,21,33H,1-4,7-8,10H2,(H,31,35)(H,32,36)/t12-,13-,14+,16+,21-/m1/s1. The van der Waals surface area contributed by atoms with Crippen LogP contribution in [0.4, 0.5) is 13.2 Å². The molecule has 3 saturated heterocycles. The first-order valence-corrected chi connectivity index (χ1v) is 12.6. The molecular weight excluding hydrogens is 511 g/mol. The van der Waals surface area contributed by atoms with Gasteiger partial charge in [-0.1, -0.05) is 11.6 Å². The predicted molar refractivity (Wildman–Crippen MR) is 127 cm³/mol. The molecule has 1 aliphatic carbocycles. The number of fused-ring (bicyclic) bond motifs is 4. The summed E-state index contributed by atoms with van der Waals surface area (Å²) in [4.78, 5) is 43.1. The van der Waals surface area contributed by atoms with Crippen LogP contribution in [-0.2, 0) is 9.59 Å². The van der Waals surface area contributed by atoms with E-state index in [4.69, 9.17) is 11.6 Å². The topological polar surface area (TPSA) is 118 Å². The average molecular weight is 536 g/mol. The van der Waals surface area contributed by atoms with E-state index in [9.17, 15) is 32.8 Å². The largest absolute Gasteiger partial charge is 0.356 e. The van der Waals surface area contributed by atoms with Crippen LogP contribution in [0.5, 0.6) is 0 Å². The predicted octanol–water partition coefficient (Wildman–Crippen LogP) is 3.51. The molecule has 3 N–H and O–H groups in total. The third kappa shape index (κ3) is 4.52. The lowest BCUT2D eigenvalue weighted by atomic mass is 9.71. The van der Waals surface area contributed by atoms with Gasteiger partial charge >= 0.3 is 0 Å². The maximum Gasteiger partial charge on any atom is 0.271 e. The summed E-state index contributed by atoms with van der Waals surface area (Å²) < 4.78 is 44.2. The summed E-state index contributed by atoms with van der Waals surface area (Å²) >= 11 is 6.13. The molecule has 2 aromatic rings. The smallest absolute Gasteiger partial charge is 0.271 e. The van der Waals surface area contributed by atoms with Crippen molar-refractivity contribution in [3.05, 3.63) is 34.7 Å². The number of benzene rings is 1. The summed E-state index contributed by atoms with van der Waals surface area (Å²) in [5.74, 6) is -7.52. The van der Waals surface area contributed by atoms with E-state index in [0.717, 1.165) is 17.4 Å². The molecule has 0 spiro atoms. The minimum Gasteiger partial charge on any atom is -0.356 e. The van der Waals surface area contributed by atoms with E-state index in [2.05, 4.69) is 15.6 Å². The van der Waals surface area contributed by atoms with Gasteiger partial charge in [0.05, 0.1) is 22.5 Å². The van der Waals surface area contributed by atoms with Crippen LogP contribution in [-0.4, -0.2) is 58.2 Å². The second-order valence-corrected chi connectivity index (χ2v) is 10.4. The fourth-order valence-electron chi connectivity index (χ4n) is 5.95. The number of amides is 3. The minimum absolute atomic E-state index is 0.0366. The highest BCUT2D eigenvalue weighted by Crippen LogP contribution is 2.49. The van der Waals surface area contributed by atoms with Crippen molar-refractivity contribution in [3.63, 3.8) is 0 Å². The first kappa shape index (κ1) is 25.4. The Bertz CT molecular complexity index is 1270. The van der Waals surface area contributed by atoms with E-state index in [0.29, 0.717) is 13.0 Å². The molecule has 0 radical (unpaired) electrons. The van der Waals surface area contributed by atoms with Crippen LogP contribution in [0.15, 0.2) is 18.2 Å². The average Bonchev–Trinajstić information content (AvgIpc) is 3.33. The molecule has 2 bridgehead atoms. The van der Waals surface area contributed by atoms with Crippen LogP contribution in [0.1, 0.15) is 49.0 Å². The van der Waals surface area contributed by atoms with Gasteiger partial charge in [-0.15, -0.1) is 0 Å². The van der Waals surface area contributed by atoms with E-state index in [1.165, 1.54) is 12.1 Å². The summed E-state index contributed by atoms with van der Waals surface area (Å²) in [6, 6.07) is 2.15. The number of hydrogen-bond acceptors (Lipinski definition) is 4. The van der Waals surface area contributed by atoms with Gasteiger partial charge in [-0.25, -0.2) is 13.2 Å². The third-order valence-corrected chi connectivity index (χ3v) is 8.07. The number of hydrogen-bond donors (Lipinski definition) is 3. The van der Waals surface area contributed by atoms with Crippen LogP contribution in [0.25, 0.3) is 10.9 Å². The van der Waals surface area contributed by atoms with Gasteiger partial charge in [0.15, 0.2) is 0 Å². The van der Waals surface area contributed by atoms with E-state index >= 15 is 0 Å². The molecule has 4 aliphatic rings. The molecule has 4 heterocycles. The summed E-state index contributed by atoms with van der Waals surface area (Å²) in [5, 5.41) is 15.1. The first-order chi connectivity index (χ1) is 17.6. The molecule has 196 valence electrons. The monoisotopic (exact) mass is 535 g/mol. The van der Waals surface area contributed by atoms with Crippen molar-refractivity contribution in [3.8, 4) is 6.07 Å². The molecule has 1 aromatic heterocycles. The van der Waals surface area contributed by atoms with E-state index in [1.807, 2.05) is 6.07 Å². The fraction of sp³-hybridized carbons (Fsp3) is 0.520. The van der Waals surface area contributed by atoms with Crippen molar-refractivity contribution in [2.75, 3.05) is 6.54 Å². The lowest BCUT2D eigenvalue weighted by Crippen LogP contribution is -2.68. The number of rotatable bonds is 5. The molecule has 3 amide bonds. The maximum atomic E-state index is 15.0. The van der Waals surface area contributed by atoms with E-state index in [1.54, 1.807) is 0 Å². The first-order valence-electron chi connectivity index (χ1n) is 12.3. The van der Waals surface area contributed by atoms with Gasteiger partial charge in [0.1, 0.15) is 23.6 Å². The number of nitriles is 1. The lowest BCUT2D eigenvalue weighted by Gasteiger charge is -2.53. The van der Waals surface area contributed by atoms with Gasteiger partial charge in [-0.2, -0.15) is 5.26 Å². The van der Waals surface area contributed by atoms with Crippen LogP contribution < -0.4 is 10.6 Å². The number of carbonyl (C=O) groups excluding carboxylic acids is 3. The molecule has 37 heavy (non-hydrogen) atoms. The summed E-state index contributed by atoms with van der Waals surface area (Å²) in [7, 11) is 0. The van der Waals surface area contributed by atoms with Crippen molar-refractivity contribution < 1.29 is 27.6 Å². The molecule has 5 atom stereocenters. The molecule has 4 fully saturated rings. The Balaban J connectivity index is 1.43. The van der Waals surface area contributed by atoms with Gasteiger partial charge in [-0.05, 0) is 50.3 Å². The van der Waals surface area contributed by atoms with Crippen LogP contribution in [0, 0.1) is 29.0 Å². The van der Waals surface area contributed by atoms with Crippen molar-refractivity contribution in [2.24, 2.45) is 11.8 Å². The highest BCUT2D eigenvalue weighted by molar-refractivity contribution is 6.35.